The highest BCUT2D eigenvalue weighted by atomic mass is 16.6. The number of nitrogens with one attached hydrogen (secondary N) is 2. The molecule has 2 rings (SSSR count). The molecule has 0 radical (unpaired) electrons. The lowest BCUT2D eigenvalue weighted by atomic mass is 9.91. The maximum absolute atomic E-state index is 11.8. The third-order valence-corrected chi connectivity index (χ3v) is 3.85. The second-order valence-electron chi connectivity index (χ2n) is 7.12. The number of hydrogen-bond donors (Lipinski definition) is 2. The molecule has 1 saturated carbocycles. The summed E-state index contributed by atoms with van der Waals surface area (Å²) in [6, 6.07) is 0.385. The smallest absolute Gasteiger partial charge is 0.407 e. The van der Waals surface area contributed by atoms with Gasteiger partial charge in [-0.3, -0.25) is 0 Å². The van der Waals surface area contributed by atoms with E-state index in [1.54, 1.807) is 0 Å². The molecule has 25 heavy (non-hydrogen) atoms. The average Bonchev–Trinajstić information content (AvgIpc) is 2.55. The van der Waals surface area contributed by atoms with E-state index in [2.05, 4.69) is 25.3 Å². The van der Waals surface area contributed by atoms with Crippen molar-refractivity contribution >= 4 is 17.9 Å². The number of carbonyl (C=O) groups is 2. The molecule has 1 fully saturated rings. The van der Waals surface area contributed by atoms with Gasteiger partial charge >= 0.3 is 12.1 Å². The maximum Gasteiger partial charge on any atom is 0.407 e. The molecule has 0 atom stereocenters. The Labute approximate surface area is 147 Å². The predicted octanol–water partition coefficient (Wildman–Crippen LogP) is 2.51. The number of rotatable bonds is 4. The Hall–Kier alpha value is -2.38. The van der Waals surface area contributed by atoms with Gasteiger partial charge in [-0.15, -0.1) is 0 Å². The van der Waals surface area contributed by atoms with Crippen LogP contribution in [0.4, 0.5) is 10.6 Å². The Bertz CT molecular complexity index is 590. The van der Waals surface area contributed by atoms with Crippen LogP contribution >= 0.6 is 0 Å². The van der Waals surface area contributed by atoms with Gasteiger partial charge in [0.25, 0.3) is 0 Å². The first kappa shape index (κ1) is 19.0. The van der Waals surface area contributed by atoms with E-state index >= 15 is 0 Å². The SMILES string of the molecule is COC(=O)c1cnc(NC2CCC(NC(=O)OC(C)(C)C)CC2)cn1. The Morgan fingerprint density at radius 2 is 1.72 bits per heavy atom. The molecule has 1 heterocycles. The second kappa shape index (κ2) is 8.13. The molecule has 1 amide bonds. The summed E-state index contributed by atoms with van der Waals surface area (Å²) in [6.07, 6.45) is 6.09. The van der Waals surface area contributed by atoms with E-state index in [-0.39, 0.29) is 23.9 Å². The molecule has 0 saturated heterocycles. The molecule has 0 spiro atoms. The van der Waals surface area contributed by atoms with Gasteiger partial charge < -0.3 is 20.1 Å². The lowest BCUT2D eigenvalue weighted by Gasteiger charge is -2.30. The molecule has 0 aliphatic heterocycles. The summed E-state index contributed by atoms with van der Waals surface area (Å²) in [6.45, 7) is 5.54. The van der Waals surface area contributed by atoms with Gasteiger partial charge in [-0.1, -0.05) is 0 Å². The summed E-state index contributed by atoms with van der Waals surface area (Å²) in [5.41, 5.74) is -0.309. The number of nitrogens with zero attached hydrogens (tertiary/aromatic N) is 2. The molecule has 2 N–H and O–H groups in total. The maximum atomic E-state index is 11.8. The minimum absolute atomic E-state index is 0.126. The van der Waals surface area contributed by atoms with Crippen LogP contribution in [0.2, 0.25) is 0 Å². The lowest BCUT2D eigenvalue weighted by molar-refractivity contribution is 0.0491. The number of hydrogen-bond acceptors (Lipinski definition) is 7. The first-order chi connectivity index (χ1) is 11.8. The van der Waals surface area contributed by atoms with Crippen LogP contribution in [0.25, 0.3) is 0 Å². The van der Waals surface area contributed by atoms with E-state index in [1.165, 1.54) is 19.5 Å². The number of esters is 1. The first-order valence-electron chi connectivity index (χ1n) is 8.43. The molecule has 1 aliphatic carbocycles. The summed E-state index contributed by atoms with van der Waals surface area (Å²) in [4.78, 5) is 31.4. The zero-order chi connectivity index (χ0) is 18.4. The number of ether oxygens (including phenoxy) is 2. The van der Waals surface area contributed by atoms with Crippen LogP contribution in [-0.2, 0) is 9.47 Å². The van der Waals surface area contributed by atoms with Crippen LogP contribution in [0.5, 0.6) is 0 Å². The first-order valence-corrected chi connectivity index (χ1v) is 8.43. The highest BCUT2D eigenvalue weighted by Crippen LogP contribution is 2.22. The molecule has 0 aromatic carbocycles. The molecule has 1 aromatic rings. The van der Waals surface area contributed by atoms with Crippen LogP contribution in [0.15, 0.2) is 12.4 Å². The molecule has 138 valence electrons. The third kappa shape index (κ3) is 6.21. The molecular formula is C17H26N4O4. The van der Waals surface area contributed by atoms with Crippen molar-refractivity contribution in [3.05, 3.63) is 18.1 Å². The zero-order valence-electron chi connectivity index (χ0n) is 15.2. The van der Waals surface area contributed by atoms with E-state index < -0.39 is 11.6 Å². The summed E-state index contributed by atoms with van der Waals surface area (Å²) in [7, 11) is 1.31. The van der Waals surface area contributed by atoms with Gasteiger partial charge in [0.15, 0.2) is 5.69 Å². The lowest BCUT2D eigenvalue weighted by Crippen LogP contribution is -2.42. The van der Waals surface area contributed by atoms with Crippen molar-refractivity contribution in [2.75, 3.05) is 12.4 Å². The predicted molar refractivity (Wildman–Crippen MR) is 92.4 cm³/mol. The fourth-order valence-electron chi connectivity index (χ4n) is 2.68. The number of alkyl carbamates (subject to hydrolysis) is 1. The van der Waals surface area contributed by atoms with Crippen molar-refractivity contribution in [1.82, 2.24) is 15.3 Å². The van der Waals surface area contributed by atoms with Gasteiger partial charge in [-0.25, -0.2) is 19.6 Å². The zero-order valence-corrected chi connectivity index (χ0v) is 15.2. The summed E-state index contributed by atoms with van der Waals surface area (Å²) >= 11 is 0. The Kier molecular flexibility index (Phi) is 6.17. The van der Waals surface area contributed by atoms with Crippen molar-refractivity contribution in [1.29, 1.82) is 0 Å². The van der Waals surface area contributed by atoms with Gasteiger partial charge in [-0.05, 0) is 46.5 Å². The van der Waals surface area contributed by atoms with Crippen molar-refractivity contribution in [3.8, 4) is 0 Å². The van der Waals surface area contributed by atoms with Crippen molar-refractivity contribution in [2.24, 2.45) is 0 Å². The molecular weight excluding hydrogens is 324 g/mol. The highest BCUT2D eigenvalue weighted by molar-refractivity contribution is 5.86. The minimum atomic E-state index is -0.507. The molecule has 8 heteroatoms. The molecule has 1 aliphatic rings. The molecule has 8 nitrogen and oxygen atoms in total. The standard InChI is InChI=1S/C17H26N4O4/c1-17(2,3)25-16(23)21-12-7-5-11(6-8-12)20-14-10-18-13(9-19-14)15(22)24-4/h9-12H,5-8H2,1-4H3,(H,19,20)(H,21,23). The van der Waals surface area contributed by atoms with Crippen LogP contribution in [-0.4, -0.2) is 46.8 Å². The van der Waals surface area contributed by atoms with Crippen molar-refractivity contribution in [2.45, 2.75) is 64.1 Å². The number of amides is 1. The Morgan fingerprint density at radius 1 is 1.08 bits per heavy atom. The van der Waals surface area contributed by atoms with Gasteiger partial charge in [0.1, 0.15) is 11.4 Å². The normalized spacial score (nSPS) is 20.5. The average molecular weight is 350 g/mol. The topological polar surface area (TPSA) is 102 Å². The van der Waals surface area contributed by atoms with Crippen LogP contribution in [0.3, 0.4) is 0 Å². The minimum Gasteiger partial charge on any atom is -0.464 e. The fraction of sp³-hybridized carbons (Fsp3) is 0.647. The van der Waals surface area contributed by atoms with Gasteiger partial charge in [0.05, 0.1) is 19.5 Å². The fourth-order valence-corrected chi connectivity index (χ4v) is 2.68. The van der Waals surface area contributed by atoms with Crippen LogP contribution in [0, 0.1) is 0 Å². The second-order valence-corrected chi connectivity index (χ2v) is 7.12. The molecule has 1 aromatic heterocycles. The molecule has 0 unspecified atom stereocenters. The van der Waals surface area contributed by atoms with E-state index in [4.69, 9.17) is 4.74 Å². The van der Waals surface area contributed by atoms with E-state index in [1.807, 2.05) is 20.8 Å². The van der Waals surface area contributed by atoms with Gasteiger partial charge in [0, 0.05) is 12.1 Å². The summed E-state index contributed by atoms with van der Waals surface area (Å²) in [5, 5.41) is 6.23. The van der Waals surface area contributed by atoms with E-state index in [0.29, 0.717) is 5.82 Å². The Balaban J connectivity index is 1.77. The van der Waals surface area contributed by atoms with E-state index in [9.17, 15) is 9.59 Å². The number of methoxy groups -OCH3 is 1. The monoisotopic (exact) mass is 350 g/mol. The van der Waals surface area contributed by atoms with E-state index in [0.717, 1.165) is 25.7 Å². The molecule has 0 bridgehead atoms. The van der Waals surface area contributed by atoms with Crippen molar-refractivity contribution < 1.29 is 19.1 Å². The number of anilines is 1. The van der Waals surface area contributed by atoms with Gasteiger partial charge in [0.2, 0.25) is 0 Å². The Morgan fingerprint density at radius 3 is 2.24 bits per heavy atom. The third-order valence-electron chi connectivity index (χ3n) is 3.85. The quantitative estimate of drug-likeness (QED) is 0.804. The number of carbonyl (C=O) groups excluding carboxylic acids is 2. The highest BCUT2D eigenvalue weighted by Gasteiger charge is 2.25. The summed E-state index contributed by atoms with van der Waals surface area (Å²) < 4.78 is 9.87. The number of aromatic nitrogens is 2. The van der Waals surface area contributed by atoms with Crippen molar-refractivity contribution in [3.63, 3.8) is 0 Å². The van der Waals surface area contributed by atoms with Crippen LogP contribution in [0.1, 0.15) is 56.9 Å². The van der Waals surface area contributed by atoms with Crippen LogP contribution < -0.4 is 10.6 Å². The summed E-state index contributed by atoms with van der Waals surface area (Å²) in [5.74, 6) is 0.115. The van der Waals surface area contributed by atoms with Gasteiger partial charge in [-0.2, -0.15) is 0 Å². The largest absolute Gasteiger partial charge is 0.464 e.